The van der Waals surface area contributed by atoms with Crippen LogP contribution in [0.5, 0.6) is 0 Å². The van der Waals surface area contributed by atoms with E-state index in [1.54, 1.807) is 17.4 Å². The zero-order valence-corrected chi connectivity index (χ0v) is 15.7. The smallest absolute Gasteiger partial charge is 0.266 e. The number of thiophene rings is 1. The molecule has 2 aliphatic heterocycles. The summed E-state index contributed by atoms with van der Waals surface area (Å²) in [7, 11) is 0. The van der Waals surface area contributed by atoms with Crippen molar-refractivity contribution in [1.82, 2.24) is 14.7 Å². The van der Waals surface area contributed by atoms with Crippen molar-refractivity contribution in [2.45, 2.75) is 75.2 Å². The fraction of sp³-hybridized carbons (Fsp3) is 0.600. The lowest BCUT2D eigenvalue weighted by Crippen LogP contribution is -2.53. The molecule has 0 radical (unpaired) electrons. The van der Waals surface area contributed by atoms with Gasteiger partial charge in [-0.3, -0.25) is 9.69 Å². The van der Waals surface area contributed by atoms with Gasteiger partial charge >= 0.3 is 0 Å². The highest BCUT2D eigenvalue weighted by molar-refractivity contribution is 7.07. The van der Waals surface area contributed by atoms with Gasteiger partial charge in [0.15, 0.2) is 0 Å². The molecule has 5 rings (SSSR count). The SMILES string of the molecule is O=c1ccc(C2CC2)nn1CC1(O)C[C@H]2CC[C@@H](C1)N2Cc1ccsc1. The summed E-state index contributed by atoms with van der Waals surface area (Å²) in [6.45, 7) is 1.30. The molecule has 1 aliphatic carbocycles. The third kappa shape index (κ3) is 3.15. The highest BCUT2D eigenvalue weighted by atomic mass is 32.1. The Morgan fingerprint density at radius 2 is 1.92 bits per heavy atom. The second-order valence-electron chi connectivity index (χ2n) is 8.35. The van der Waals surface area contributed by atoms with Crippen LogP contribution in [0.1, 0.15) is 55.7 Å². The predicted octanol–water partition coefficient (Wildman–Crippen LogP) is 2.74. The third-order valence-corrected chi connectivity index (χ3v) is 7.01. The predicted molar refractivity (Wildman–Crippen MR) is 101 cm³/mol. The summed E-state index contributed by atoms with van der Waals surface area (Å²) < 4.78 is 1.52. The van der Waals surface area contributed by atoms with Gasteiger partial charge in [-0.1, -0.05) is 0 Å². The Labute approximate surface area is 157 Å². The van der Waals surface area contributed by atoms with E-state index in [1.807, 2.05) is 6.07 Å². The van der Waals surface area contributed by atoms with E-state index in [0.29, 0.717) is 24.5 Å². The molecule has 2 aromatic rings. The molecule has 3 fully saturated rings. The van der Waals surface area contributed by atoms with Gasteiger partial charge in [0.1, 0.15) is 0 Å². The van der Waals surface area contributed by atoms with Gasteiger partial charge < -0.3 is 5.11 Å². The van der Waals surface area contributed by atoms with Gasteiger partial charge in [-0.15, -0.1) is 0 Å². The van der Waals surface area contributed by atoms with E-state index in [4.69, 9.17) is 0 Å². The molecule has 2 aromatic heterocycles. The van der Waals surface area contributed by atoms with Crippen LogP contribution < -0.4 is 5.56 Å². The molecule has 4 heterocycles. The standard InChI is InChI=1S/C20H25N3O2S/c24-19-6-5-18(15-1-2-15)21-23(19)13-20(25)9-16-3-4-17(10-20)22(16)11-14-7-8-26-12-14/h5-8,12,15-17,25H,1-4,9-11,13H2/t16-,17+,20?. The average Bonchev–Trinajstić information content (AvgIpc) is 3.28. The van der Waals surface area contributed by atoms with Crippen molar-refractivity contribution < 1.29 is 5.11 Å². The highest BCUT2D eigenvalue weighted by Gasteiger charge is 2.47. The molecule has 0 aromatic carbocycles. The van der Waals surface area contributed by atoms with Crippen molar-refractivity contribution in [2.24, 2.45) is 0 Å². The van der Waals surface area contributed by atoms with E-state index in [1.165, 1.54) is 10.2 Å². The van der Waals surface area contributed by atoms with Gasteiger partial charge in [0.2, 0.25) is 0 Å². The van der Waals surface area contributed by atoms with Crippen LogP contribution in [-0.2, 0) is 13.1 Å². The van der Waals surface area contributed by atoms with E-state index in [2.05, 4.69) is 26.8 Å². The molecule has 5 nitrogen and oxygen atoms in total. The molecule has 3 atom stereocenters. The first-order valence-electron chi connectivity index (χ1n) is 9.67. The molecule has 2 saturated heterocycles. The first-order valence-corrected chi connectivity index (χ1v) is 10.6. The fourth-order valence-corrected chi connectivity index (χ4v) is 5.51. The molecule has 1 saturated carbocycles. The maximum atomic E-state index is 12.3. The minimum atomic E-state index is -0.823. The van der Waals surface area contributed by atoms with E-state index < -0.39 is 5.60 Å². The third-order valence-electron chi connectivity index (χ3n) is 6.27. The first-order chi connectivity index (χ1) is 12.6. The normalized spacial score (nSPS) is 31.4. The van der Waals surface area contributed by atoms with Crippen molar-refractivity contribution in [3.8, 4) is 0 Å². The molecule has 26 heavy (non-hydrogen) atoms. The number of rotatable bonds is 5. The summed E-state index contributed by atoms with van der Waals surface area (Å²) in [5.74, 6) is 0.514. The Hall–Kier alpha value is -1.50. The molecule has 1 N–H and O–H groups in total. The van der Waals surface area contributed by atoms with Crippen LogP contribution in [0.3, 0.4) is 0 Å². The first kappa shape index (κ1) is 16.7. The summed E-state index contributed by atoms with van der Waals surface area (Å²) >= 11 is 1.74. The van der Waals surface area contributed by atoms with Crippen LogP contribution in [0, 0.1) is 0 Å². The number of fused-ring (bicyclic) bond motifs is 2. The monoisotopic (exact) mass is 371 g/mol. The second-order valence-corrected chi connectivity index (χ2v) is 9.13. The van der Waals surface area contributed by atoms with E-state index in [-0.39, 0.29) is 5.56 Å². The zero-order valence-electron chi connectivity index (χ0n) is 14.9. The summed E-state index contributed by atoms with van der Waals surface area (Å²) in [5, 5.41) is 20.2. The summed E-state index contributed by atoms with van der Waals surface area (Å²) in [5.41, 5.74) is 1.45. The van der Waals surface area contributed by atoms with E-state index in [9.17, 15) is 9.90 Å². The maximum Gasteiger partial charge on any atom is 0.266 e. The van der Waals surface area contributed by atoms with Crippen LogP contribution in [-0.4, -0.2) is 37.5 Å². The van der Waals surface area contributed by atoms with Gasteiger partial charge in [0.05, 0.1) is 17.8 Å². The molecule has 3 aliphatic rings. The quantitative estimate of drug-likeness (QED) is 0.878. The molecule has 1 unspecified atom stereocenters. The Morgan fingerprint density at radius 1 is 1.15 bits per heavy atom. The lowest BCUT2D eigenvalue weighted by Gasteiger charge is -2.43. The molecular formula is C20H25N3O2S. The topological polar surface area (TPSA) is 58.4 Å². The van der Waals surface area contributed by atoms with Crippen molar-refractivity contribution >= 4 is 11.3 Å². The lowest BCUT2D eigenvalue weighted by atomic mass is 9.85. The lowest BCUT2D eigenvalue weighted by molar-refractivity contribution is -0.0677. The van der Waals surface area contributed by atoms with Crippen molar-refractivity contribution in [3.63, 3.8) is 0 Å². The molecule has 138 valence electrons. The van der Waals surface area contributed by atoms with Crippen molar-refractivity contribution in [1.29, 1.82) is 0 Å². The number of piperidine rings is 1. The Kier molecular flexibility index (Phi) is 4.03. The van der Waals surface area contributed by atoms with Gasteiger partial charge in [-0.2, -0.15) is 16.4 Å². The highest BCUT2D eigenvalue weighted by Crippen LogP contribution is 2.42. The molecule has 6 heteroatoms. The fourth-order valence-electron chi connectivity index (χ4n) is 4.85. The Morgan fingerprint density at radius 3 is 2.58 bits per heavy atom. The Balaban J connectivity index is 1.33. The molecule has 2 bridgehead atoms. The number of aromatic nitrogens is 2. The summed E-state index contributed by atoms with van der Waals surface area (Å²) in [6.07, 6.45) is 6.07. The number of nitrogens with zero attached hydrogens (tertiary/aromatic N) is 3. The zero-order chi connectivity index (χ0) is 17.7. The van der Waals surface area contributed by atoms with Crippen molar-refractivity contribution in [2.75, 3.05) is 0 Å². The van der Waals surface area contributed by atoms with Crippen LogP contribution in [0.2, 0.25) is 0 Å². The van der Waals surface area contributed by atoms with Gasteiger partial charge in [0.25, 0.3) is 5.56 Å². The maximum absolute atomic E-state index is 12.3. The molecule has 0 spiro atoms. The average molecular weight is 372 g/mol. The molecular weight excluding hydrogens is 346 g/mol. The Bertz CT molecular complexity index is 829. The number of aliphatic hydroxyl groups is 1. The van der Waals surface area contributed by atoms with Gasteiger partial charge in [-0.25, -0.2) is 4.68 Å². The number of hydrogen-bond donors (Lipinski definition) is 1. The van der Waals surface area contributed by atoms with Crippen molar-refractivity contribution in [3.05, 3.63) is 50.6 Å². The largest absolute Gasteiger partial charge is 0.388 e. The van der Waals surface area contributed by atoms with Crippen LogP contribution in [0.15, 0.2) is 33.8 Å². The van der Waals surface area contributed by atoms with Crippen LogP contribution in [0.25, 0.3) is 0 Å². The second kappa shape index (κ2) is 6.29. The minimum absolute atomic E-state index is 0.101. The van der Waals surface area contributed by atoms with Gasteiger partial charge in [0, 0.05) is 30.6 Å². The summed E-state index contributed by atoms with van der Waals surface area (Å²) in [6, 6.07) is 6.47. The van der Waals surface area contributed by atoms with Crippen LogP contribution in [0.4, 0.5) is 0 Å². The summed E-state index contributed by atoms with van der Waals surface area (Å²) in [4.78, 5) is 14.8. The van der Waals surface area contributed by atoms with E-state index >= 15 is 0 Å². The molecule has 0 amide bonds. The van der Waals surface area contributed by atoms with E-state index in [0.717, 1.165) is 50.8 Å². The van der Waals surface area contributed by atoms with Crippen LogP contribution >= 0.6 is 11.3 Å². The minimum Gasteiger partial charge on any atom is -0.388 e. The number of hydrogen-bond acceptors (Lipinski definition) is 5. The van der Waals surface area contributed by atoms with Gasteiger partial charge in [-0.05, 0) is 67.0 Å².